The van der Waals surface area contributed by atoms with Crippen molar-refractivity contribution in [3.8, 4) is 0 Å². The normalized spacial score (nSPS) is 10.5. The van der Waals surface area contributed by atoms with Crippen LogP contribution in [-0.4, -0.2) is 23.3 Å². The van der Waals surface area contributed by atoms with Gasteiger partial charge in [-0.25, -0.2) is 0 Å². The van der Waals surface area contributed by atoms with Gasteiger partial charge in [0.25, 0.3) is 0 Å². The molecule has 0 radical (unpaired) electrons. The Morgan fingerprint density at radius 1 is 1.16 bits per heavy atom. The van der Waals surface area contributed by atoms with Gasteiger partial charge in [0.1, 0.15) is 0 Å². The lowest BCUT2D eigenvalue weighted by atomic mass is 10.2. The van der Waals surface area contributed by atoms with E-state index < -0.39 is 0 Å². The second kappa shape index (κ2) is 6.19. The Labute approximate surface area is 112 Å². The number of benzene rings is 1. The van der Waals surface area contributed by atoms with E-state index in [1.54, 1.807) is 0 Å². The molecule has 6 nitrogen and oxygen atoms in total. The molecule has 2 rings (SSSR count). The highest BCUT2D eigenvalue weighted by atomic mass is 16.4. The summed E-state index contributed by atoms with van der Waals surface area (Å²) in [5.41, 5.74) is 7.51. The lowest BCUT2D eigenvalue weighted by Gasteiger charge is -2.21. The van der Waals surface area contributed by atoms with E-state index in [1.165, 1.54) is 5.69 Å². The van der Waals surface area contributed by atoms with Gasteiger partial charge in [0.2, 0.25) is 5.89 Å². The predicted octanol–water partition coefficient (Wildman–Crippen LogP) is 2.12. The summed E-state index contributed by atoms with van der Waals surface area (Å²) in [6.07, 6.45) is 0. The molecule has 0 bridgehead atoms. The highest BCUT2D eigenvalue weighted by molar-refractivity contribution is 5.58. The summed E-state index contributed by atoms with van der Waals surface area (Å²) in [5, 5.41) is 10.7. The molecule has 0 unspecified atom stereocenters. The van der Waals surface area contributed by atoms with E-state index in [1.807, 2.05) is 12.1 Å². The van der Waals surface area contributed by atoms with Crippen molar-refractivity contribution in [2.75, 3.05) is 23.3 Å². The number of nitrogens with one attached hydrogen (secondary N) is 1. The molecule has 0 aliphatic carbocycles. The molecule has 1 heterocycles. The monoisotopic (exact) mass is 261 g/mol. The molecule has 0 saturated carbocycles. The first kappa shape index (κ1) is 13.4. The Kier molecular flexibility index (Phi) is 4.35. The maximum Gasteiger partial charge on any atom is 0.320 e. The second-order valence-corrected chi connectivity index (χ2v) is 4.05. The van der Waals surface area contributed by atoms with Gasteiger partial charge in [0, 0.05) is 24.5 Å². The van der Waals surface area contributed by atoms with Crippen LogP contribution in [0.4, 0.5) is 17.4 Å². The third-order valence-corrected chi connectivity index (χ3v) is 2.89. The molecule has 0 aliphatic heterocycles. The lowest BCUT2D eigenvalue weighted by Crippen LogP contribution is -2.21. The summed E-state index contributed by atoms with van der Waals surface area (Å²) in [5.74, 6) is 0.419. The fourth-order valence-electron chi connectivity index (χ4n) is 1.85. The molecule has 0 atom stereocenters. The number of hydrogen-bond acceptors (Lipinski definition) is 6. The highest BCUT2D eigenvalue weighted by Crippen LogP contribution is 2.20. The maximum absolute atomic E-state index is 5.41. The van der Waals surface area contributed by atoms with E-state index in [0.717, 1.165) is 18.8 Å². The molecule has 0 saturated heterocycles. The maximum atomic E-state index is 5.41. The predicted molar refractivity (Wildman–Crippen MR) is 75.5 cm³/mol. The van der Waals surface area contributed by atoms with Gasteiger partial charge in [-0.1, -0.05) is 5.10 Å². The van der Waals surface area contributed by atoms with Crippen molar-refractivity contribution in [2.45, 2.75) is 20.4 Å². The SMILES string of the molecule is CCN(CC)c1ccc(Nc2nnc(CN)o2)cc1. The van der Waals surface area contributed by atoms with Gasteiger partial charge in [-0.2, -0.15) is 0 Å². The molecule has 6 heteroatoms. The number of rotatable bonds is 6. The molecule has 102 valence electrons. The minimum Gasteiger partial charge on any atom is -0.406 e. The van der Waals surface area contributed by atoms with Crippen molar-refractivity contribution in [1.82, 2.24) is 10.2 Å². The molecule has 0 amide bonds. The van der Waals surface area contributed by atoms with E-state index in [2.05, 4.69) is 46.4 Å². The average Bonchev–Trinajstić information content (AvgIpc) is 2.90. The first-order valence-corrected chi connectivity index (χ1v) is 6.41. The van der Waals surface area contributed by atoms with Gasteiger partial charge >= 0.3 is 6.01 Å². The van der Waals surface area contributed by atoms with Gasteiger partial charge < -0.3 is 20.4 Å². The van der Waals surface area contributed by atoms with Crippen molar-refractivity contribution < 1.29 is 4.42 Å². The van der Waals surface area contributed by atoms with Crippen molar-refractivity contribution in [1.29, 1.82) is 0 Å². The molecule has 0 fully saturated rings. The van der Waals surface area contributed by atoms with Crippen LogP contribution in [0.15, 0.2) is 28.7 Å². The Bertz CT molecular complexity index is 504. The fourth-order valence-corrected chi connectivity index (χ4v) is 1.85. The summed E-state index contributed by atoms with van der Waals surface area (Å²) < 4.78 is 5.29. The van der Waals surface area contributed by atoms with Crippen LogP contribution >= 0.6 is 0 Å². The van der Waals surface area contributed by atoms with E-state index in [0.29, 0.717) is 11.9 Å². The van der Waals surface area contributed by atoms with Crippen LogP contribution in [0.5, 0.6) is 0 Å². The standard InChI is InChI=1S/C13H19N5O/c1-3-18(4-2)11-7-5-10(6-8-11)15-13-17-16-12(9-14)19-13/h5-8H,3-4,9,14H2,1-2H3,(H,15,17). The number of aromatic nitrogens is 2. The quantitative estimate of drug-likeness (QED) is 0.829. The van der Waals surface area contributed by atoms with Crippen LogP contribution in [0.3, 0.4) is 0 Å². The molecular formula is C13H19N5O. The van der Waals surface area contributed by atoms with Crippen LogP contribution in [0.25, 0.3) is 0 Å². The second-order valence-electron chi connectivity index (χ2n) is 4.05. The van der Waals surface area contributed by atoms with Crippen LogP contribution in [0.1, 0.15) is 19.7 Å². The molecule has 3 N–H and O–H groups in total. The van der Waals surface area contributed by atoms with E-state index in [-0.39, 0.29) is 6.54 Å². The first-order valence-electron chi connectivity index (χ1n) is 6.41. The smallest absolute Gasteiger partial charge is 0.320 e. The largest absolute Gasteiger partial charge is 0.406 e. The van der Waals surface area contributed by atoms with Crippen molar-refractivity contribution in [3.63, 3.8) is 0 Å². The van der Waals surface area contributed by atoms with Gasteiger partial charge in [0.15, 0.2) is 0 Å². The number of hydrogen-bond donors (Lipinski definition) is 2. The third-order valence-electron chi connectivity index (χ3n) is 2.89. The van der Waals surface area contributed by atoms with Crippen LogP contribution in [0, 0.1) is 0 Å². The van der Waals surface area contributed by atoms with Crippen LogP contribution in [0.2, 0.25) is 0 Å². The first-order chi connectivity index (χ1) is 9.26. The molecule has 19 heavy (non-hydrogen) atoms. The number of anilines is 3. The van der Waals surface area contributed by atoms with Crippen LogP contribution < -0.4 is 16.0 Å². The summed E-state index contributed by atoms with van der Waals surface area (Å²) in [7, 11) is 0. The van der Waals surface area contributed by atoms with Crippen molar-refractivity contribution in [2.24, 2.45) is 5.73 Å². The molecule has 0 aliphatic rings. The van der Waals surface area contributed by atoms with Gasteiger partial charge in [0.05, 0.1) is 6.54 Å². The number of nitrogens with two attached hydrogens (primary N) is 1. The van der Waals surface area contributed by atoms with E-state index in [9.17, 15) is 0 Å². The zero-order chi connectivity index (χ0) is 13.7. The fraction of sp³-hybridized carbons (Fsp3) is 0.385. The molecule has 0 spiro atoms. The van der Waals surface area contributed by atoms with Crippen molar-refractivity contribution in [3.05, 3.63) is 30.2 Å². The average molecular weight is 261 g/mol. The third kappa shape index (κ3) is 3.23. The Morgan fingerprint density at radius 2 is 1.84 bits per heavy atom. The summed E-state index contributed by atoms with van der Waals surface area (Å²) in [6.45, 7) is 6.51. The molecule has 2 aromatic rings. The van der Waals surface area contributed by atoms with E-state index in [4.69, 9.17) is 10.2 Å². The zero-order valence-electron chi connectivity index (χ0n) is 11.3. The summed E-state index contributed by atoms with van der Waals surface area (Å²) >= 11 is 0. The molecule has 1 aromatic carbocycles. The summed E-state index contributed by atoms with van der Waals surface area (Å²) in [6, 6.07) is 8.46. The minimum absolute atomic E-state index is 0.246. The molecule has 1 aromatic heterocycles. The number of nitrogens with zero attached hydrogens (tertiary/aromatic N) is 3. The van der Waals surface area contributed by atoms with Crippen LogP contribution in [-0.2, 0) is 6.54 Å². The van der Waals surface area contributed by atoms with Gasteiger partial charge in [-0.15, -0.1) is 5.10 Å². The topological polar surface area (TPSA) is 80.2 Å². The van der Waals surface area contributed by atoms with E-state index >= 15 is 0 Å². The minimum atomic E-state index is 0.246. The lowest BCUT2D eigenvalue weighted by molar-refractivity contribution is 0.511. The van der Waals surface area contributed by atoms with Gasteiger partial charge in [-0.05, 0) is 38.1 Å². The van der Waals surface area contributed by atoms with Gasteiger partial charge in [-0.3, -0.25) is 0 Å². The highest BCUT2D eigenvalue weighted by Gasteiger charge is 2.05. The zero-order valence-corrected chi connectivity index (χ0v) is 11.3. The summed E-state index contributed by atoms with van der Waals surface area (Å²) in [4.78, 5) is 2.28. The van der Waals surface area contributed by atoms with Crippen molar-refractivity contribution >= 4 is 17.4 Å². The molecular weight excluding hydrogens is 242 g/mol. The Balaban J connectivity index is 2.06. The Morgan fingerprint density at radius 3 is 2.37 bits per heavy atom. The Hall–Kier alpha value is -2.08.